The van der Waals surface area contributed by atoms with Crippen molar-refractivity contribution in [2.75, 3.05) is 19.8 Å². The van der Waals surface area contributed by atoms with Crippen LogP contribution >= 0.6 is 0 Å². The Bertz CT molecular complexity index is 166. The van der Waals surface area contributed by atoms with Gasteiger partial charge in [0.1, 0.15) is 6.04 Å². The molecule has 1 heterocycles. The van der Waals surface area contributed by atoms with Gasteiger partial charge in [-0.3, -0.25) is 9.69 Å². The van der Waals surface area contributed by atoms with Crippen LogP contribution in [-0.4, -0.2) is 53.0 Å². The second-order valence-electron chi connectivity index (χ2n) is 2.99. The van der Waals surface area contributed by atoms with Gasteiger partial charge in [0.05, 0.1) is 6.10 Å². The summed E-state index contributed by atoms with van der Waals surface area (Å²) in [7, 11) is 0. The summed E-state index contributed by atoms with van der Waals surface area (Å²) in [5.74, 6) is -0.964. The maximum atomic E-state index is 10.7. The first-order valence-electron chi connectivity index (χ1n) is 3.98. The summed E-state index contributed by atoms with van der Waals surface area (Å²) in [6.07, 6.45) is -0.831. The number of carbonyl (C=O) groups is 1. The van der Waals surface area contributed by atoms with Crippen molar-refractivity contribution in [2.45, 2.75) is 19.1 Å². The van der Waals surface area contributed by atoms with E-state index < -0.39 is 18.1 Å². The molecule has 0 aromatic carbocycles. The largest absolute Gasteiger partial charge is 0.480 e. The molecule has 1 aliphatic rings. The maximum absolute atomic E-state index is 10.7. The fourth-order valence-electron chi connectivity index (χ4n) is 1.43. The highest BCUT2D eigenvalue weighted by Gasteiger charge is 2.31. The Labute approximate surface area is 71.0 Å². The second kappa shape index (κ2) is 3.84. The predicted molar refractivity (Wildman–Crippen MR) is 42.7 cm³/mol. The van der Waals surface area contributed by atoms with Crippen LogP contribution in [0.1, 0.15) is 6.92 Å². The minimum absolute atomic E-state index is 0.544. The third kappa shape index (κ3) is 1.94. The summed E-state index contributed by atoms with van der Waals surface area (Å²) >= 11 is 0. The quantitative estimate of drug-likeness (QED) is 0.495. The van der Waals surface area contributed by atoms with E-state index in [1.807, 2.05) is 0 Å². The molecule has 0 aliphatic carbocycles. The van der Waals surface area contributed by atoms with Crippen LogP contribution in [0.2, 0.25) is 0 Å². The number of aliphatic hydroxyl groups is 1. The van der Waals surface area contributed by atoms with E-state index >= 15 is 0 Å². The van der Waals surface area contributed by atoms with Crippen molar-refractivity contribution in [3.8, 4) is 0 Å². The Balaban J connectivity index is 2.58. The minimum atomic E-state index is -0.964. The predicted octanol–water partition coefficient (Wildman–Crippen LogP) is -1.32. The Morgan fingerprint density at radius 2 is 2.33 bits per heavy atom. The van der Waals surface area contributed by atoms with Crippen LogP contribution in [0.15, 0.2) is 0 Å². The fourth-order valence-corrected chi connectivity index (χ4v) is 1.43. The molecular weight excluding hydrogens is 160 g/mol. The number of nitrogens with zero attached hydrogens (tertiary/aromatic N) is 1. The van der Waals surface area contributed by atoms with E-state index in [2.05, 4.69) is 5.32 Å². The molecule has 3 N–H and O–H groups in total. The first-order chi connectivity index (χ1) is 5.63. The highest BCUT2D eigenvalue weighted by Crippen LogP contribution is 2.06. The van der Waals surface area contributed by atoms with Gasteiger partial charge in [0, 0.05) is 19.8 Å². The monoisotopic (exact) mass is 174 g/mol. The number of rotatable bonds is 3. The minimum Gasteiger partial charge on any atom is -0.480 e. The van der Waals surface area contributed by atoms with Gasteiger partial charge in [-0.1, -0.05) is 0 Å². The number of carboxylic acids is 1. The normalized spacial score (nSPS) is 23.8. The number of aliphatic carboxylic acids is 1. The molecule has 1 aliphatic heterocycles. The van der Waals surface area contributed by atoms with Crippen molar-refractivity contribution in [1.82, 2.24) is 10.2 Å². The van der Waals surface area contributed by atoms with Crippen LogP contribution < -0.4 is 5.32 Å². The highest BCUT2D eigenvalue weighted by atomic mass is 16.4. The lowest BCUT2D eigenvalue weighted by molar-refractivity contribution is -0.146. The van der Waals surface area contributed by atoms with Crippen LogP contribution in [0.5, 0.6) is 0 Å². The van der Waals surface area contributed by atoms with Crippen LogP contribution in [-0.2, 0) is 4.79 Å². The standard InChI is InChI=1S/C7H14N2O3/c1-5(10)6(7(11)12)9-3-2-8-4-9/h5-6,8,10H,2-4H2,1H3,(H,11,12). The molecule has 0 aromatic heterocycles. The fraction of sp³-hybridized carbons (Fsp3) is 0.857. The van der Waals surface area contributed by atoms with Crippen LogP contribution in [0.25, 0.3) is 0 Å². The number of carboxylic acid groups (broad SMARTS) is 1. The topological polar surface area (TPSA) is 72.8 Å². The molecule has 0 bridgehead atoms. The first-order valence-corrected chi connectivity index (χ1v) is 3.98. The van der Waals surface area contributed by atoms with E-state index in [9.17, 15) is 9.90 Å². The van der Waals surface area contributed by atoms with E-state index in [-0.39, 0.29) is 0 Å². The summed E-state index contributed by atoms with van der Waals surface area (Å²) < 4.78 is 0. The SMILES string of the molecule is CC(O)C(C(=O)O)N1CCNC1. The third-order valence-corrected chi connectivity index (χ3v) is 1.99. The number of hydrogen-bond acceptors (Lipinski definition) is 4. The van der Waals surface area contributed by atoms with Crippen molar-refractivity contribution in [2.24, 2.45) is 0 Å². The van der Waals surface area contributed by atoms with E-state index in [1.165, 1.54) is 6.92 Å². The zero-order valence-electron chi connectivity index (χ0n) is 7.03. The summed E-state index contributed by atoms with van der Waals surface area (Å²) in [5, 5.41) is 21.0. The molecule has 0 aromatic rings. The average molecular weight is 174 g/mol. The van der Waals surface area contributed by atoms with Crippen molar-refractivity contribution in [3.05, 3.63) is 0 Å². The summed E-state index contributed by atoms with van der Waals surface area (Å²) in [5.41, 5.74) is 0. The van der Waals surface area contributed by atoms with Crippen LogP contribution in [0.4, 0.5) is 0 Å². The number of aliphatic hydroxyl groups excluding tert-OH is 1. The molecule has 1 saturated heterocycles. The molecule has 1 rings (SSSR count). The summed E-state index contributed by atoms with van der Waals surface area (Å²) in [6.45, 7) is 3.51. The molecule has 5 heteroatoms. The van der Waals surface area contributed by atoms with Gasteiger partial charge in [-0.25, -0.2) is 0 Å². The number of hydrogen-bond donors (Lipinski definition) is 3. The van der Waals surface area contributed by atoms with Gasteiger partial charge in [0.25, 0.3) is 0 Å². The highest BCUT2D eigenvalue weighted by molar-refractivity contribution is 5.74. The lowest BCUT2D eigenvalue weighted by Gasteiger charge is -2.24. The van der Waals surface area contributed by atoms with Gasteiger partial charge >= 0.3 is 5.97 Å². The van der Waals surface area contributed by atoms with E-state index in [0.29, 0.717) is 13.2 Å². The molecule has 0 amide bonds. The van der Waals surface area contributed by atoms with E-state index in [1.54, 1.807) is 4.90 Å². The lowest BCUT2D eigenvalue weighted by Crippen LogP contribution is -2.47. The van der Waals surface area contributed by atoms with Crippen molar-refractivity contribution >= 4 is 5.97 Å². The average Bonchev–Trinajstić information content (AvgIpc) is 2.37. The first kappa shape index (κ1) is 9.44. The maximum Gasteiger partial charge on any atom is 0.323 e. The Morgan fingerprint density at radius 1 is 1.67 bits per heavy atom. The zero-order valence-corrected chi connectivity index (χ0v) is 7.03. The number of nitrogens with one attached hydrogen (secondary N) is 1. The van der Waals surface area contributed by atoms with Gasteiger partial charge in [-0.2, -0.15) is 0 Å². The van der Waals surface area contributed by atoms with E-state index in [0.717, 1.165) is 6.54 Å². The Kier molecular flexibility index (Phi) is 3.02. The molecule has 2 unspecified atom stereocenters. The van der Waals surface area contributed by atoms with Crippen molar-refractivity contribution in [3.63, 3.8) is 0 Å². The summed E-state index contributed by atoms with van der Waals surface area (Å²) in [4.78, 5) is 12.4. The van der Waals surface area contributed by atoms with Gasteiger partial charge in [0.15, 0.2) is 0 Å². The Morgan fingerprint density at radius 3 is 2.67 bits per heavy atom. The second-order valence-corrected chi connectivity index (χ2v) is 2.99. The molecule has 1 fully saturated rings. The van der Waals surface area contributed by atoms with Gasteiger partial charge in [0.2, 0.25) is 0 Å². The lowest BCUT2D eigenvalue weighted by atomic mass is 10.1. The zero-order chi connectivity index (χ0) is 9.14. The molecule has 2 atom stereocenters. The van der Waals surface area contributed by atoms with Gasteiger partial charge in [-0.05, 0) is 6.92 Å². The molecule has 0 saturated carbocycles. The van der Waals surface area contributed by atoms with Gasteiger partial charge in [-0.15, -0.1) is 0 Å². The molecule has 5 nitrogen and oxygen atoms in total. The van der Waals surface area contributed by atoms with Crippen molar-refractivity contribution < 1.29 is 15.0 Å². The van der Waals surface area contributed by atoms with Crippen LogP contribution in [0.3, 0.4) is 0 Å². The third-order valence-electron chi connectivity index (χ3n) is 1.99. The van der Waals surface area contributed by atoms with Gasteiger partial charge < -0.3 is 15.5 Å². The molecular formula is C7H14N2O3. The van der Waals surface area contributed by atoms with Crippen LogP contribution in [0, 0.1) is 0 Å². The molecule has 0 spiro atoms. The Hall–Kier alpha value is -0.650. The molecule has 0 radical (unpaired) electrons. The molecule has 70 valence electrons. The molecule has 12 heavy (non-hydrogen) atoms. The summed E-state index contributed by atoms with van der Waals surface area (Å²) in [6, 6.07) is -0.778. The smallest absolute Gasteiger partial charge is 0.323 e. The van der Waals surface area contributed by atoms with Crippen molar-refractivity contribution in [1.29, 1.82) is 0 Å². The van der Waals surface area contributed by atoms with E-state index in [4.69, 9.17) is 5.11 Å².